The minimum absolute atomic E-state index is 0.0435. The van der Waals surface area contributed by atoms with Crippen LogP contribution in [-0.2, 0) is 16.1 Å². The van der Waals surface area contributed by atoms with Crippen molar-refractivity contribution in [1.29, 1.82) is 0 Å². The molecule has 1 aliphatic rings. The van der Waals surface area contributed by atoms with E-state index < -0.39 is 17.8 Å². The fraction of sp³-hybridized carbons (Fsp3) is 0.208. The van der Waals surface area contributed by atoms with Crippen LogP contribution < -0.4 is 4.74 Å². The van der Waals surface area contributed by atoms with Gasteiger partial charge in [-0.05, 0) is 43.3 Å². The summed E-state index contributed by atoms with van der Waals surface area (Å²) in [6.45, 7) is 2.93. The number of rotatable bonds is 5. The number of hydrogen-bond donors (Lipinski definition) is 0. The molecular weight excluding hydrogens is 430 g/mol. The average molecular weight is 452 g/mol. The van der Waals surface area contributed by atoms with Gasteiger partial charge in [-0.15, -0.1) is 0 Å². The number of fused-ring (bicyclic) bond motifs is 1. The van der Waals surface area contributed by atoms with Crippen molar-refractivity contribution < 1.29 is 19.1 Å². The Morgan fingerprint density at radius 2 is 1.56 bits per heavy atom. The van der Waals surface area contributed by atoms with Gasteiger partial charge in [0.2, 0.25) is 0 Å². The third-order valence-corrected chi connectivity index (χ3v) is 5.86. The summed E-state index contributed by atoms with van der Waals surface area (Å²) in [5.41, 5.74) is 2.57. The van der Waals surface area contributed by atoms with Crippen LogP contribution in [0.3, 0.4) is 0 Å². The second-order valence-corrected chi connectivity index (χ2v) is 7.98. The van der Waals surface area contributed by atoms with Gasteiger partial charge in [-0.25, -0.2) is 4.79 Å². The number of carbonyl (C=O) groups excluding carboxylic acids is 3. The van der Waals surface area contributed by atoms with E-state index in [0.717, 1.165) is 37.7 Å². The molecule has 7 nitrogen and oxygen atoms in total. The van der Waals surface area contributed by atoms with Crippen LogP contribution in [0.2, 0.25) is 5.02 Å². The summed E-state index contributed by atoms with van der Waals surface area (Å²) in [4.78, 5) is 39.2. The number of hydrogen-bond acceptors (Lipinski definition) is 4. The molecule has 0 saturated carbocycles. The Morgan fingerprint density at radius 1 is 0.938 bits per heavy atom. The van der Waals surface area contributed by atoms with Crippen molar-refractivity contribution in [2.45, 2.75) is 13.5 Å². The van der Waals surface area contributed by atoms with Crippen molar-refractivity contribution >= 4 is 46.4 Å². The molecule has 2 aromatic carbocycles. The zero-order chi connectivity index (χ0) is 23.0. The van der Waals surface area contributed by atoms with Gasteiger partial charge in [-0.3, -0.25) is 19.4 Å². The molecule has 1 fully saturated rings. The van der Waals surface area contributed by atoms with E-state index in [1.165, 1.54) is 14.1 Å². The maximum Gasteiger partial charge on any atom is 0.333 e. The first-order valence-electron chi connectivity index (χ1n) is 10.1. The van der Waals surface area contributed by atoms with Crippen LogP contribution in [-0.4, -0.2) is 52.9 Å². The molecule has 4 amide bonds. The highest BCUT2D eigenvalue weighted by molar-refractivity contribution is 6.31. The van der Waals surface area contributed by atoms with E-state index in [9.17, 15) is 14.4 Å². The molecule has 0 N–H and O–H groups in total. The lowest BCUT2D eigenvalue weighted by molar-refractivity contribution is -0.134. The molecule has 0 spiro atoms. The number of aromatic nitrogens is 1. The Hall–Kier alpha value is -3.58. The molecule has 164 valence electrons. The van der Waals surface area contributed by atoms with Crippen LogP contribution >= 0.6 is 11.6 Å². The number of likely N-dealkylation sites (N-methyl/N-ethyl adjacent to an activating group) is 2. The number of barbiturate groups is 1. The first-order valence-corrected chi connectivity index (χ1v) is 10.5. The van der Waals surface area contributed by atoms with E-state index in [-0.39, 0.29) is 5.57 Å². The molecule has 8 heteroatoms. The van der Waals surface area contributed by atoms with Crippen LogP contribution in [0.15, 0.2) is 54.1 Å². The highest BCUT2D eigenvalue weighted by Crippen LogP contribution is 2.29. The van der Waals surface area contributed by atoms with Crippen LogP contribution in [0.4, 0.5) is 4.79 Å². The zero-order valence-electron chi connectivity index (χ0n) is 18.0. The number of ether oxygens (including phenoxy) is 1. The van der Waals surface area contributed by atoms with E-state index in [2.05, 4.69) is 4.57 Å². The Bertz CT molecular complexity index is 1230. The summed E-state index contributed by atoms with van der Waals surface area (Å²) < 4.78 is 7.94. The summed E-state index contributed by atoms with van der Waals surface area (Å²) in [6, 6.07) is 14.3. The summed E-state index contributed by atoms with van der Waals surface area (Å²) in [6.07, 6.45) is 1.58. The number of urea groups is 1. The quantitative estimate of drug-likeness (QED) is 0.432. The van der Waals surface area contributed by atoms with Gasteiger partial charge in [0.1, 0.15) is 17.9 Å². The van der Waals surface area contributed by atoms with Crippen LogP contribution in [0.5, 0.6) is 5.75 Å². The third-order valence-electron chi connectivity index (χ3n) is 5.61. The Labute approximate surface area is 190 Å². The molecule has 0 aliphatic carbocycles. The molecule has 1 saturated heterocycles. The van der Waals surface area contributed by atoms with Gasteiger partial charge in [0, 0.05) is 41.3 Å². The standard InChI is InChI=1S/C24H22ClN3O4/c1-15-19(14-20-22(29)26(2)24(31)27(3)23(20)30)18-6-4-5-7-21(18)28(15)12-13-32-17-10-8-16(25)9-11-17/h4-11,14H,12-13H2,1-3H3. The number of halogens is 1. The SMILES string of the molecule is Cc1c(C=C2C(=O)N(C)C(=O)N(C)C2=O)c2ccccc2n1CCOc1ccc(Cl)cc1. The average Bonchev–Trinajstić information content (AvgIpc) is 3.06. The maximum absolute atomic E-state index is 12.7. The normalized spacial score (nSPS) is 14.5. The predicted octanol–water partition coefficient (Wildman–Crippen LogP) is 4.12. The minimum atomic E-state index is -0.643. The number of nitrogens with zero attached hydrogens (tertiary/aromatic N) is 3. The lowest BCUT2D eigenvalue weighted by Gasteiger charge is -2.28. The van der Waals surface area contributed by atoms with Crippen LogP contribution in [0.1, 0.15) is 11.3 Å². The molecule has 4 rings (SSSR count). The fourth-order valence-electron chi connectivity index (χ4n) is 3.83. The molecule has 0 atom stereocenters. The molecule has 3 aromatic rings. The topological polar surface area (TPSA) is 71.9 Å². The number of imide groups is 2. The first kappa shape index (κ1) is 21.6. The molecule has 1 aromatic heterocycles. The Morgan fingerprint density at radius 3 is 2.22 bits per heavy atom. The van der Waals surface area contributed by atoms with Crippen molar-refractivity contribution in [3.05, 3.63) is 70.4 Å². The molecule has 0 bridgehead atoms. The van der Waals surface area contributed by atoms with Crippen molar-refractivity contribution in [2.24, 2.45) is 0 Å². The van der Waals surface area contributed by atoms with Gasteiger partial charge in [0.05, 0.1) is 6.54 Å². The first-order chi connectivity index (χ1) is 15.3. The molecule has 32 heavy (non-hydrogen) atoms. The lowest BCUT2D eigenvalue weighted by atomic mass is 10.0. The van der Waals surface area contributed by atoms with Gasteiger partial charge in [-0.1, -0.05) is 29.8 Å². The van der Waals surface area contributed by atoms with Crippen molar-refractivity contribution in [1.82, 2.24) is 14.4 Å². The summed E-state index contributed by atoms with van der Waals surface area (Å²) in [7, 11) is 2.73. The predicted molar refractivity (Wildman–Crippen MR) is 123 cm³/mol. The molecule has 2 heterocycles. The highest BCUT2D eigenvalue weighted by atomic mass is 35.5. The Balaban J connectivity index is 1.69. The summed E-state index contributed by atoms with van der Waals surface area (Å²) >= 11 is 5.92. The van der Waals surface area contributed by atoms with Gasteiger partial charge in [0.15, 0.2) is 0 Å². The molecule has 0 unspecified atom stereocenters. The number of carbonyl (C=O) groups is 3. The maximum atomic E-state index is 12.7. The van der Waals surface area contributed by atoms with Gasteiger partial charge in [0.25, 0.3) is 11.8 Å². The second kappa shape index (κ2) is 8.51. The lowest BCUT2D eigenvalue weighted by Crippen LogP contribution is -2.52. The smallest absolute Gasteiger partial charge is 0.333 e. The van der Waals surface area contributed by atoms with Crippen LogP contribution in [0.25, 0.3) is 17.0 Å². The van der Waals surface area contributed by atoms with Gasteiger partial charge < -0.3 is 9.30 Å². The Kier molecular flexibility index (Phi) is 5.76. The minimum Gasteiger partial charge on any atom is -0.492 e. The van der Waals surface area contributed by atoms with E-state index in [1.54, 1.807) is 18.2 Å². The molecular formula is C24H22ClN3O4. The largest absolute Gasteiger partial charge is 0.492 e. The molecule has 1 aliphatic heterocycles. The van der Waals surface area contributed by atoms with E-state index in [0.29, 0.717) is 18.2 Å². The van der Waals surface area contributed by atoms with Crippen molar-refractivity contribution in [3.8, 4) is 5.75 Å². The van der Waals surface area contributed by atoms with Crippen molar-refractivity contribution in [2.75, 3.05) is 20.7 Å². The third kappa shape index (κ3) is 3.76. The second-order valence-electron chi connectivity index (χ2n) is 7.54. The van der Waals surface area contributed by atoms with E-state index >= 15 is 0 Å². The summed E-state index contributed by atoms with van der Waals surface area (Å²) in [5.74, 6) is -0.499. The number of amides is 4. The zero-order valence-corrected chi connectivity index (χ0v) is 18.7. The fourth-order valence-corrected chi connectivity index (χ4v) is 3.96. The van der Waals surface area contributed by atoms with Gasteiger partial charge in [-0.2, -0.15) is 0 Å². The molecule has 0 radical (unpaired) electrons. The number of para-hydroxylation sites is 1. The highest BCUT2D eigenvalue weighted by Gasteiger charge is 2.38. The monoisotopic (exact) mass is 451 g/mol. The number of benzene rings is 2. The van der Waals surface area contributed by atoms with E-state index in [1.807, 2.05) is 43.3 Å². The van der Waals surface area contributed by atoms with Gasteiger partial charge >= 0.3 is 6.03 Å². The van der Waals surface area contributed by atoms with Crippen molar-refractivity contribution in [3.63, 3.8) is 0 Å². The van der Waals surface area contributed by atoms with E-state index in [4.69, 9.17) is 16.3 Å². The summed E-state index contributed by atoms with van der Waals surface area (Å²) in [5, 5.41) is 1.55. The van der Waals surface area contributed by atoms with Crippen LogP contribution in [0, 0.1) is 6.92 Å².